The van der Waals surface area contributed by atoms with E-state index in [1.165, 1.54) is 18.4 Å². The molecule has 0 bridgehead atoms. The molecule has 0 spiro atoms. The van der Waals surface area contributed by atoms with Gasteiger partial charge in [-0.2, -0.15) is 0 Å². The fourth-order valence-corrected chi connectivity index (χ4v) is 2.75. The van der Waals surface area contributed by atoms with Crippen molar-refractivity contribution in [3.8, 4) is 0 Å². The highest BCUT2D eigenvalue weighted by Crippen LogP contribution is 2.19. The molecule has 0 radical (unpaired) electrons. The van der Waals surface area contributed by atoms with Crippen LogP contribution in [0.5, 0.6) is 0 Å². The lowest BCUT2D eigenvalue weighted by molar-refractivity contribution is 0.1000. The van der Waals surface area contributed by atoms with Crippen LogP contribution in [0.2, 0.25) is 0 Å². The number of aryl methyl sites for hydroxylation is 1. The van der Waals surface area contributed by atoms with E-state index in [0.29, 0.717) is 11.5 Å². The molecule has 0 saturated carbocycles. The Balaban J connectivity index is 2.04. The smallest absolute Gasteiger partial charge is 0.248 e. The van der Waals surface area contributed by atoms with Crippen molar-refractivity contribution in [3.63, 3.8) is 0 Å². The second-order valence-corrected chi connectivity index (χ2v) is 5.48. The van der Waals surface area contributed by atoms with Crippen molar-refractivity contribution in [2.45, 2.75) is 26.3 Å². The molecule has 104 valence electrons. The summed E-state index contributed by atoms with van der Waals surface area (Å²) < 4.78 is 0. The first-order valence-electron chi connectivity index (χ1n) is 6.92. The fraction of sp³-hybridized carbons (Fsp3) is 0.533. The van der Waals surface area contributed by atoms with Crippen LogP contribution in [0.4, 0.5) is 0 Å². The molecule has 1 heterocycles. The zero-order chi connectivity index (χ0) is 13.8. The molecule has 19 heavy (non-hydrogen) atoms. The van der Waals surface area contributed by atoms with Crippen molar-refractivity contribution in [3.05, 3.63) is 34.9 Å². The molecule has 1 amide bonds. The van der Waals surface area contributed by atoms with Crippen LogP contribution in [-0.4, -0.2) is 30.4 Å². The van der Waals surface area contributed by atoms with Crippen LogP contribution >= 0.6 is 0 Å². The maximum Gasteiger partial charge on any atom is 0.248 e. The van der Waals surface area contributed by atoms with Crippen LogP contribution in [0.15, 0.2) is 18.2 Å². The summed E-state index contributed by atoms with van der Waals surface area (Å²) in [6, 6.07) is 5.71. The lowest BCUT2D eigenvalue weighted by atomic mass is 9.97. The number of nitrogens with two attached hydrogens (primary N) is 2. The van der Waals surface area contributed by atoms with Crippen molar-refractivity contribution in [2.24, 2.45) is 17.4 Å². The Bertz CT molecular complexity index is 459. The number of piperidine rings is 1. The summed E-state index contributed by atoms with van der Waals surface area (Å²) in [5, 5.41) is 0. The van der Waals surface area contributed by atoms with Crippen LogP contribution < -0.4 is 11.5 Å². The molecule has 1 aromatic rings. The Hall–Kier alpha value is -1.39. The van der Waals surface area contributed by atoms with E-state index in [2.05, 4.69) is 4.90 Å². The highest BCUT2D eigenvalue weighted by Gasteiger charge is 2.19. The first-order chi connectivity index (χ1) is 9.10. The molecule has 2 rings (SSSR count). The van der Waals surface area contributed by atoms with Crippen molar-refractivity contribution < 1.29 is 4.79 Å². The number of carbonyl (C=O) groups is 1. The van der Waals surface area contributed by atoms with Gasteiger partial charge in [0.2, 0.25) is 5.91 Å². The Morgan fingerprint density at radius 3 is 2.89 bits per heavy atom. The summed E-state index contributed by atoms with van der Waals surface area (Å²) >= 11 is 0. The summed E-state index contributed by atoms with van der Waals surface area (Å²) in [6.07, 6.45) is 2.47. The number of carbonyl (C=O) groups excluding carboxylic acids is 1. The van der Waals surface area contributed by atoms with Gasteiger partial charge in [0.15, 0.2) is 0 Å². The predicted molar refractivity (Wildman–Crippen MR) is 76.8 cm³/mol. The zero-order valence-corrected chi connectivity index (χ0v) is 11.6. The Morgan fingerprint density at radius 1 is 1.47 bits per heavy atom. The van der Waals surface area contributed by atoms with Crippen molar-refractivity contribution in [2.75, 3.05) is 19.6 Å². The average Bonchev–Trinajstić information content (AvgIpc) is 2.41. The van der Waals surface area contributed by atoms with E-state index >= 15 is 0 Å². The Kier molecular flexibility index (Phi) is 4.56. The molecule has 4 heteroatoms. The van der Waals surface area contributed by atoms with Gasteiger partial charge in [-0.1, -0.05) is 6.07 Å². The largest absolute Gasteiger partial charge is 0.366 e. The molecule has 0 aromatic heterocycles. The third kappa shape index (κ3) is 3.55. The zero-order valence-electron chi connectivity index (χ0n) is 11.6. The molecule has 1 aromatic carbocycles. The molecule has 0 aliphatic carbocycles. The van der Waals surface area contributed by atoms with E-state index in [1.807, 2.05) is 25.1 Å². The lowest BCUT2D eigenvalue weighted by Gasteiger charge is -2.32. The third-order valence-corrected chi connectivity index (χ3v) is 3.96. The van der Waals surface area contributed by atoms with Crippen molar-refractivity contribution in [1.29, 1.82) is 0 Å². The van der Waals surface area contributed by atoms with Gasteiger partial charge in [0.25, 0.3) is 0 Å². The van der Waals surface area contributed by atoms with E-state index in [-0.39, 0.29) is 5.91 Å². The maximum atomic E-state index is 11.1. The van der Waals surface area contributed by atoms with E-state index in [0.717, 1.165) is 31.7 Å². The van der Waals surface area contributed by atoms with Crippen molar-refractivity contribution >= 4 is 5.91 Å². The molecule has 1 unspecified atom stereocenters. The molecular weight excluding hydrogens is 238 g/mol. The number of nitrogens with zero attached hydrogens (tertiary/aromatic N) is 1. The van der Waals surface area contributed by atoms with E-state index in [1.54, 1.807) is 0 Å². The Labute approximate surface area is 114 Å². The second-order valence-electron chi connectivity index (χ2n) is 5.48. The van der Waals surface area contributed by atoms with Gasteiger partial charge in [-0.15, -0.1) is 0 Å². The first-order valence-corrected chi connectivity index (χ1v) is 6.92. The van der Waals surface area contributed by atoms with Crippen LogP contribution in [-0.2, 0) is 6.54 Å². The van der Waals surface area contributed by atoms with E-state index < -0.39 is 0 Å². The second kappa shape index (κ2) is 6.17. The van der Waals surface area contributed by atoms with Gasteiger partial charge in [-0.25, -0.2) is 0 Å². The summed E-state index contributed by atoms with van der Waals surface area (Å²) in [5.74, 6) is 0.259. The van der Waals surface area contributed by atoms with Gasteiger partial charge < -0.3 is 11.5 Å². The molecular formula is C15H23N3O. The maximum absolute atomic E-state index is 11.1. The minimum Gasteiger partial charge on any atom is -0.366 e. The van der Waals surface area contributed by atoms with Crippen molar-refractivity contribution in [1.82, 2.24) is 4.90 Å². The van der Waals surface area contributed by atoms with Gasteiger partial charge >= 0.3 is 0 Å². The predicted octanol–water partition coefficient (Wildman–Crippen LogP) is 1.26. The summed E-state index contributed by atoms with van der Waals surface area (Å²) in [4.78, 5) is 13.6. The SMILES string of the molecule is Cc1cc(C(N)=O)ccc1CN1CCCC(CN)C1. The normalized spacial score (nSPS) is 20.4. The molecule has 4 N–H and O–H groups in total. The quantitative estimate of drug-likeness (QED) is 0.857. The topological polar surface area (TPSA) is 72.4 Å². The highest BCUT2D eigenvalue weighted by molar-refractivity contribution is 5.93. The Morgan fingerprint density at radius 2 is 2.26 bits per heavy atom. The number of primary amides is 1. The number of likely N-dealkylation sites (tertiary alicyclic amines) is 1. The van der Waals surface area contributed by atoms with Crippen LogP contribution in [0.25, 0.3) is 0 Å². The third-order valence-electron chi connectivity index (χ3n) is 3.96. The summed E-state index contributed by atoms with van der Waals surface area (Å²) in [5.41, 5.74) is 14.0. The summed E-state index contributed by atoms with van der Waals surface area (Å²) in [7, 11) is 0. The monoisotopic (exact) mass is 261 g/mol. The fourth-order valence-electron chi connectivity index (χ4n) is 2.75. The number of rotatable bonds is 4. The number of hydrogen-bond donors (Lipinski definition) is 2. The van der Waals surface area contributed by atoms with Gasteiger partial charge in [-0.3, -0.25) is 9.69 Å². The minimum absolute atomic E-state index is 0.365. The number of benzene rings is 1. The standard InChI is InChI=1S/C15H23N3O/c1-11-7-13(15(17)19)4-5-14(11)10-18-6-2-3-12(8-16)9-18/h4-5,7,12H,2-3,6,8-10,16H2,1H3,(H2,17,19). The van der Waals surface area contributed by atoms with Gasteiger partial charge in [0.1, 0.15) is 0 Å². The van der Waals surface area contributed by atoms with Gasteiger partial charge in [-0.05, 0) is 62.0 Å². The van der Waals surface area contributed by atoms with Crippen LogP contribution in [0.1, 0.15) is 34.3 Å². The van der Waals surface area contributed by atoms with Gasteiger partial charge in [0.05, 0.1) is 0 Å². The van der Waals surface area contributed by atoms with E-state index in [4.69, 9.17) is 11.5 Å². The van der Waals surface area contributed by atoms with Gasteiger partial charge in [0, 0.05) is 18.7 Å². The van der Waals surface area contributed by atoms with E-state index in [9.17, 15) is 4.79 Å². The minimum atomic E-state index is -0.365. The highest BCUT2D eigenvalue weighted by atomic mass is 16.1. The average molecular weight is 261 g/mol. The van der Waals surface area contributed by atoms with Crippen LogP contribution in [0.3, 0.4) is 0 Å². The molecule has 1 saturated heterocycles. The number of amides is 1. The number of hydrogen-bond acceptors (Lipinski definition) is 3. The molecule has 1 aliphatic heterocycles. The first kappa shape index (κ1) is 14.0. The van der Waals surface area contributed by atoms with Crippen LogP contribution in [0, 0.1) is 12.8 Å². The molecule has 1 atom stereocenters. The molecule has 4 nitrogen and oxygen atoms in total. The molecule has 1 fully saturated rings. The lowest BCUT2D eigenvalue weighted by Crippen LogP contribution is -2.38. The molecule has 1 aliphatic rings. The summed E-state index contributed by atoms with van der Waals surface area (Å²) in [6.45, 7) is 5.95.